The van der Waals surface area contributed by atoms with Crippen molar-refractivity contribution in [2.75, 3.05) is 7.11 Å². The third-order valence-corrected chi connectivity index (χ3v) is 1.26. The molecule has 0 aromatic rings. The predicted octanol–water partition coefficient (Wildman–Crippen LogP) is 1.24. The fourth-order valence-corrected chi connectivity index (χ4v) is 0.555. The van der Waals surface area contributed by atoms with Crippen molar-refractivity contribution < 1.29 is 18.4 Å². The van der Waals surface area contributed by atoms with Crippen molar-refractivity contribution in [3.05, 3.63) is 0 Å². The number of rotatable bonds is 3. The first-order chi connectivity index (χ1) is 4.20. The summed E-state index contributed by atoms with van der Waals surface area (Å²) in [6.45, 7) is 1.61. The highest BCUT2D eigenvalue weighted by Gasteiger charge is 2.21. The van der Waals surface area contributed by atoms with Crippen molar-refractivity contribution in [2.45, 2.75) is 13.3 Å². The Bertz CT molecular complexity index is 108. The van der Waals surface area contributed by atoms with Crippen LogP contribution >= 0.6 is 8.25 Å². The zero-order chi connectivity index (χ0) is 7.28. The molecule has 0 radical (unpaired) electrons. The molecule has 0 aliphatic heterocycles. The van der Waals surface area contributed by atoms with Crippen LogP contribution in [0.1, 0.15) is 13.3 Å². The molecule has 0 aliphatic carbocycles. The standard InChI is InChI=1S/C4H8O4P/c1-3-4(5)8-9(6)7-2/h3H2,1-2H3/q+1. The maximum absolute atomic E-state index is 10.3. The second kappa shape index (κ2) is 4.41. The highest BCUT2D eigenvalue weighted by Crippen LogP contribution is 2.21. The smallest absolute Gasteiger partial charge is 0.247 e. The minimum atomic E-state index is -2.22. The second-order valence-corrected chi connectivity index (χ2v) is 2.22. The van der Waals surface area contributed by atoms with Crippen LogP contribution in [0.3, 0.4) is 0 Å². The summed E-state index contributed by atoms with van der Waals surface area (Å²) in [4.78, 5) is 10.3. The van der Waals surface area contributed by atoms with Crippen LogP contribution < -0.4 is 0 Å². The molecule has 4 nitrogen and oxygen atoms in total. The lowest BCUT2D eigenvalue weighted by atomic mass is 10.5. The number of hydrogen-bond acceptors (Lipinski definition) is 4. The van der Waals surface area contributed by atoms with Crippen LogP contribution in [0.4, 0.5) is 0 Å². The van der Waals surface area contributed by atoms with Gasteiger partial charge in [0.25, 0.3) is 0 Å². The molecule has 5 heteroatoms. The maximum Gasteiger partial charge on any atom is 0.752 e. The Labute approximate surface area is 54.1 Å². The maximum atomic E-state index is 10.3. The van der Waals surface area contributed by atoms with Gasteiger partial charge in [-0.1, -0.05) is 6.92 Å². The van der Waals surface area contributed by atoms with E-state index in [-0.39, 0.29) is 6.42 Å². The van der Waals surface area contributed by atoms with E-state index in [0.29, 0.717) is 0 Å². The average Bonchev–Trinajstić information content (AvgIpc) is 1.87. The third-order valence-electron chi connectivity index (χ3n) is 0.614. The summed E-state index contributed by atoms with van der Waals surface area (Å²) in [6, 6.07) is 0. The Morgan fingerprint density at radius 1 is 1.67 bits per heavy atom. The molecule has 0 aliphatic rings. The zero-order valence-corrected chi connectivity index (χ0v) is 6.18. The largest absolute Gasteiger partial charge is 0.752 e. The van der Waals surface area contributed by atoms with E-state index in [1.807, 2.05) is 0 Å². The fraction of sp³-hybridized carbons (Fsp3) is 0.750. The van der Waals surface area contributed by atoms with Crippen LogP contribution in [0.5, 0.6) is 0 Å². The van der Waals surface area contributed by atoms with Gasteiger partial charge in [-0.3, -0.25) is 0 Å². The first-order valence-corrected chi connectivity index (χ1v) is 3.52. The Morgan fingerprint density at radius 3 is 2.56 bits per heavy atom. The Kier molecular flexibility index (Phi) is 4.18. The highest BCUT2D eigenvalue weighted by molar-refractivity contribution is 7.34. The van der Waals surface area contributed by atoms with Crippen molar-refractivity contribution in [3.8, 4) is 0 Å². The van der Waals surface area contributed by atoms with Gasteiger partial charge in [-0.05, 0) is 0 Å². The summed E-state index contributed by atoms with van der Waals surface area (Å²) in [5, 5.41) is 0. The van der Waals surface area contributed by atoms with Gasteiger partial charge in [0.2, 0.25) is 0 Å². The summed E-state index contributed by atoms with van der Waals surface area (Å²) >= 11 is 0. The van der Waals surface area contributed by atoms with Gasteiger partial charge in [0.05, 0.1) is 7.11 Å². The van der Waals surface area contributed by atoms with Crippen molar-refractivity contribution in [3.63, 3.8) is 0 Å². The molecule has 0 amide bonds. The van der Waals surface area contributed by atoms with Crippen molar-refractivity contribution >= 4 is 14.2 Å². The molecule has 0 heterocycles. The van der Waals surface area contributed by atoms with Gasteiger partial charge in [0.1, 0.15) is 0 Å². The van der Waals surface area contributed by atoms with E-state index >= 15 is 0 Å². The molecule has 0 spiro atoms. The molecule has 0 fully saturated rings. The molecule has 0 saturated heterocycles. The van der Waals surface area contributed by atoms with Gasteiger partial charge >= 0.3 is 14.2 Å². The molecule has 9 heavy (non-hydrogen) atoms. The lowest BCUT2D eigenvalue weighted by Gasteiger charge is -1.81. The summed E-state index contributed by atoms with van der Waals surface area (Å²) in [5.41, 5.74) is 0. The molecule has 52 valence electrons. The Hall–Kier alpha value is -0.470. The first kappa shape index (κ1) is 8.53. The van der Waals surface area contributed by atoms with E-state index in [1.165, 1.54) is 7.11 Å². The van der Waals surface area contributed by atoms with Gasteiger partial charge in [0, 0.05) is 11.0 Å². The van der Waals surface area contributed by atoms with Crippen LogP contribution in [0.2, 0.25) is 0 Å². The first-order valence-electron chi connectivity index (χ1n) is 2.42. The monoisotopic (exact) mass is 151 g/mol. The molecule has 1 unspecified atom stereocenters. The van der Waals surface area contributed by atoms with Crippen molar-refractivity contribution in [1.82, 2.24) is 0 Å². The fourth-order valence-electron chi connectivity index (χ4n) is 0.185. The van der Waals surface area contributed by atoms with Gasteiger partial charge < -0.3 is 0 Å². The predicted molar refractivity (Wildman–Crippen MR) is 31.0 cm³/mol. The highest BCUT2D eigenvalue weighted by atomic mass is 31.1. The van der Waals surface area contributed by atoms with E-state index in [9.17, 15) is 9.36 Å². The zero-order valence-electron chi connectivity index (χ0n) is 5.29. The van der Waals surface area contributed by atoms with E-state index < -0.39 is 14.2 Å². The van der Waals surface area contributed by atoms with E-state index in [2.05, 4.69) is 9.05 Å². The lowest BCUT2D eigenvalue weighted by molar-refractivity contribution is -0.134. The molecule has 0 bridgehead atoms. The van der Waals surface area contributed by atoms with Gasteiger partial charge in [-0.25, -0.2) is 4.79 Å². The van der Waals surface area contributed by atoms with Gasteiger partial charge in [0.15, 0.2) is 0 Å². The van der Waals surface area contributed by atoms with Crippen molar-refractivity contribution in [1.29, 1.82) is 0 Å². The molecule has 0 saturated carbocycles. The minimum absolute atomic E-state index is 0.213. The molecular formula is C4H8O4P+. The summed E-state index contributed by atoms with van der Waals surface area (Å²) in [7, 11) is -1.01. The van der Waals surface area contributed by atoms with Crippen LogP contribution in [0, 0.1) is 0 Å². The number of carbonyl (C=O) groups excluding carboxylic acids is 1. The van der Waals surface area contributed by atoms with Gasteiger partial charge in [-0.2, -0.15) is 4.52 Å². The summed E-state index contributed by atoms with van der Waals surface area (Å²) < 4.78 is 18.6. The van der Waals surface area contributed by atoms with Crippen LogP contribution in [-0.4, -0.2) is 13.1 Å². The number of hydrogen-bond donors (Lipinski definition) is 0. The lowest BCUT2D eigenvalue weighted by Crippen LogP contribution is -1.94. The Balaban J connectivity index is 3.47. The quantitative estimate of drug-likeness (QED) is 0.569. The van der Waals surface area contributed by atoms with Crippen LogP contribution in [0.25, 0.3) is 0 Å². The van der Waals surface area contributed by atoms with E-state index in [1.54, 1.807) is 6.92 Å². The normalized spacial score (nSPS) is 10.7. The minimum Gasteiger partial charge on any atom is -0.247 e. The SMILES string of the molecule is CCC(=O)O[P+](=O)OC. The van der Waals surface area contributed by atoms with Crippen molar-refractivity contribution in [2.24, 2.45) is 0 Å². The van der Waals surface area contributed by atoms with Crippen LogP contribution in [-0.2, 0) is 18.4 Å². The molecule has 0 aromatic carbocycles. The molecule has 1 atom stereocenters. The number of carbonyl (C=O) groups is 1. The molecular weight excluding hydrogens is 143 g/mol. The summed E-state index contributed by atoms with van der Waals surface area (Å²) in [5.74, 6) is -0.516. The van der Waals surface area contributed by atoms with E-state index in [0.717, 1.165) is 0 Å². The Morgan fingerprint density at radius 2 is 2.22 bits per heavy atom. The second-order valence-electron chi connectivity index (χ2n) is 1.22. The van der Waals surface area contributed by atoms with E-state index in [4.69, 9.17) is 0 Å². The molecule has 0 rings (SSSR count). The van der Waals surface area contributed by atoms with Crippen LogP contribution in [0.15, 0.2) is 0 Å². The average molecular weight is 151 g/mol. The summed E-state index contributed by atoms with van der Waals surface area (Å²) in [6.07, 6.45) is 0.213. The van der Waals surface area contributed by atoms with Gasteiger partial charge in [-0.15, -0.1) is 4.52 Å². The third kappa shape index (κ3) is 4.06. The molecule has 0 N–H and O–H groups in total. The molecule has 0 aromatic heterocycles. The topological polar surface area (TPSA) is 52.6 Å².